The molecule has 5 nitrogen and oxygen atoms in total. The van der Waals surface area contributed by atoms with Crippen molar-refractivity contribution >= 4 is 18.1 Å². The van der Waals surface area contributed by atoms with E-state index in [-0.39, 0.29) is 29.1 Å². The maximum atomic E-state index is 10.9. The van der Waals surface area contributed by atoms with Gasteiger partial charge in [0.1, 0.15) is 0 Å². The van der Waals surface area contributed by atoms with Crippen LogP contribution < -0.4 is 5.73 Å². The van der Waals surface area contributed by atoms with Gasteiger partial charge in [0.05, 0.1) is 4.92 Å². The quantitative estimate of drug-likeness (QED) is 0.684. The Bertz CT molecular complexity index is 448. The fourth-order valence-electron chi connectivity index (χ4n) is 2.38. The highest BCUT2D eigenvalue weighted by atomic mass is 35.5. The van der Waals surface area contributed by atoms with Crippen LogP contribution in [0.25, 0.3) is 0 Å². The number of nitrogens with two attached hydrogens (primary N) is 1. The van der Waals surface area contributed by atoms with E-state index >= 15 is 0 Å². The average molecular weight is 287 g/mol. The first-order valence-electron chi connectivity index (χ1n) is 6.18. The second kappa shape index (κ2) is 6.84. The van der Waals surface area contributed by atoms with Crippen LogP contribution in [-0.2, 0) is 4.74 Å². The molecule has 0 unspecified atom stereocenters. The number of benzene rings is 1. The molecule has 0 amide bonds. The van der Waals surface area contributed by atoms with Crippen molar-refractivity contribution in [3.63, 3.8) is 0 Å². The molecular formula is C13H19ClN2O3. The largest absolute Gasteiger partial charge is 0.381 e. The van der Waals surface area contributed by atoms with Crippen LogP contribution in [0.15, 0.2) is 18.2 Å². The standard InChI is InChI=1S/C13H18N2O3.ClH/c1-9-2-3-11(8-12(9)15(16)17)13(14)10-4-6-18-7-5-10;/h2-3,8,10,13H,4-7,14H2,1H3;1H/t13-;/m0./s1. The van der Waals surface area contributed by atoms with Gasteiger partial charge in [0, 0.05) is 30.9 Å². The molecule has 0 aromatic heterocycles. The Morgan fingerprint density at radius 2 is 2.05 bits per heavy atom. The van der Waals surface area contributed by atoms with Gasteiger partial charge in [-0.2, -0.15) is 0 Å². The van der Waals surface area contributed by atoms with Gasteiger partial charge in [-0.05, 0) is 31.2 Å². The average Bonchev–Trinajstić information content (AvgIpc) is 2.39. The number of rotatable bonds is 3. The van der Waals surface area contributed by atoms with E-state index in [4.69, 9.17) is 10.5 Å². The van der Waals surface area contributed by atoms with Crippen LogP contribution in [0.5, 0.6) is 0 Å². The van der Waals surface area contributed by atoms with E-state index in [1.165, 1.54) is 0 Å². The van der Waals surface area contributed by atoms with E-state index in [1.807, 2.05) is 6.07 Å². The van der Waals surface area contributed by atoms with Crippen molar-refractivity contribution in [2.24, 2.45) is 11.7 Å². The Kier molecular flexibility index (Phi) is 5.72. The van der Waals surface area contributed by atoms with E-state index in [9.17, 15) is 10.1 Å². The molecule has 106 valence electrons. The maximum absolute atomic E-state index is 10.9. The third-order valence-corrected chi connectivity index (χ3v) is 3.59. The molecule has 0 radical (unpaired) electrons. The Hall–Kier alpha value is -1.17. The molecule has 1 heterocycles. The van der Waals surface area contributed by atoms with Crippen molar-refractivity contribution in [1.82, 2.24) is 0 Å². The molecule has 1 saturated heterocycles. The van der Waals surface area contributed by atoms with Crippen molar-refractivity contribution in [3.8, 4) is 0 Å². The van der Waals surface area contributed by atoms with Crippen molar-refractivity contribution < 1.29 is 9.66 Å². The van der Waals surface area contributed by atoms with Gasteiger partial charge in [-0.15, -0.1) is 12.4 Å². The first-order valence-corrected chi connectivity index (χ1v) is 6.18. The predicted octanol–water partition coefficient (Wildman–Crippen LogP) is 2.75. The summed E-state index contributed by atoms with van der Waals surface area (Å²) in [4.78, 5) is 10.6. The second-order valence-electron chi connectivity index (χ2n) is 4.78. The molecule has 0 saturated carbocycles. The number of nitrogens with zero attached hydrogens (tertiary/aromatic N) is 1. The van der Waals surface area contributed by atoms with Crippen LogP contribution in [0.4, 0.5) is 5.69 Å². The summed E-state index contributed by atoms with van der Waals surface area (Å²) in [6.07, 6.45) is 1.84. The Morgan fingerprint density at radius 3 is 2.63 bits per heavy atom. The normalized spacial score (nSPS) is 17.6. The summed E-state index contributed by atoms with van der Waals surface area (Å²) in [5, 5.41) is 10.9. The Morgan fingerprint density at radius 1 is 1.42 bits per heavy atom. The molecule has 1 atom stereocenters. The van der Waals surface area contributed by atoms with Gasteiger partial charge < -0.3 is 10.5 Å². The van der Waals surface area contributed by atoms with Crippen molar-refractivity contribution in [3.05, 3.63) is 39.4 Å². The minimum atomic E-state index is -0.352. The molecule has 0 aliphatic carbocycles. The lowest BCUT2D eigenvalue weighted by atomic mass is 9.87. The van der Waals surface area contributed by atoms with Gasteiger partial charge in [0.2, 0.25) is 0 Å². The highest BCUT2D eigenvalue weighted by Gasteiger charge is 2.24. The first kappa shape index (κ1) is 15.9. The summed E-state index contributed by atoms with van der Waals surface area (Å²) in [6, 6.07) is 5.12. The van der Waals surface area contributed by atoms with E-state index < -0.39 is 0 Å². The van der Waals surface area contributed by atoms with E-state index in [1.54, 1.807) is 19.1 Å². The molecule has 19 heavy (non-hydrogen) atoms. The van der Waals surface area contributed by atoms with Gasteiger partial charge in [-0.1, -0.05) is 12.1 Å². The Labute approximate surface area is 118 Å². The molecule has 0 bridgehead atoms. The van der Waals surface area contributed by atoms with Crippen molar-refractivity contribution in [1.29, 1.82) is 0 Å². The molecule has 6 heteroatoms. The van der Waals surface area contributed by atoms with Crippen LogP contribution in [-0.4, -0.2) is 18.1 Å². The zero-order valence-electron chi connectivity index (χ0n) is 10.9. The van der Waals surface area contributed by atoms with Gasteiger partial charge in [-0.25, -0.2) is 0 Å². The summed E-state index contributed by atoms with van der Waals surface area (Å²) in [5.41, 5.74) is 7.87. The zero-order chi connectivity index (χ0) is 13.1. The number of nitro benzene ring substituents is 1. The predicted molar refractivity (Wildman–Crippen MR) is 75.6 cm³/mol. The lowest BCUT2D eigenvalue weighted by Gasteiger charge is -2.27. The van der Waals surface area contributed by atoms with Crippen LogP contribution in [0.3, 0.4) is 0 Å². The number of hydrogen-bond acceptors (Lipinski definition) is 4. The molecule has 1 fully saturated rings. The summed E-state index contributed by atoms with van der Waals surface area (Å²) >= 11 is 0. The van der Waals surface area contributed by atoms with Crippen molar-refractivity contribution in [2.75, 3.05) is 13.2 Å². The molecule has 2 rings (SSSR count). The van der Waals surface area contributed by atoms with Gasteiger partial charge in [0.25, 0.3) is 5.69 Å². The second-order valence-corrected chi connectivity index (χ2v) is 4.78. The first-order chi connectivity index (χ1) is 8.59. The highest BCUT2D eigenvalue weighted by Crippen LogP contribution is 2.30. The number of nitro groups is 1. The highest BCUT2D eigenvalue weighted by molar-refractivity contribution is 5.85. The lowest BCUT2D eigenvalue weighted by Crippen LogP contribution is -2.27. The molecule has 1 aliphatic heterocycles. The summed E-state index contributed by atoms with van der Waals surface area (Å²) in [5.74, 6) is 0.348. The monoisotopic (exact) mass is 286 g/mol. The van der Waals surface area contributed by atoms with E-state index in [0.717, 1.165) is 31.6 Å². The third kappa shape index (κ3) is 3.65. The summed E-state index contributed by atoms with van der Waals surface area (Å²) in [6.45, 7) is 3.19. The topological polar surface area (TPSA) is 78.4 Å². The summed E-state index contributed by atoms with van der Waals surface area (Å²) in [7, 11) is 0. The van der Waals surface area contributed by atoms with E-state index in [2.05, 4.69) is 0 Å². The fourth-order valence-corrected chi connectivity index (χ4v) is 2.38. The van der Waals surface area contributed by atoms with Crippen molar-refractivity contribution in [2.45, 2.75) is 25.8 Å². The van der Waals surface area contributed by atoms with Crippen LogP contribution in [0.1, 0.15) is 30.0 Å². The van der Waals surface area contributed by atoms with Gasteiger partial charge in [-0.3, -0.25) is 10.1 Å². The van der Waals surface area contributed by atoms with Gasteiger partial charge >= 0.3 is 0 Å². The SMILES string of the molecule is Cc1ccc([C@@H](N)C2CCOCC2)cc1[N+](=O)[O-].Cl. The molecule has 0 spiro atoms. The number of aryl methyl sites for hydroxylation is 1. The number of hydrogen-bond donors (Lipinski definition) is 1. The number of halogens is 1. The van der Waals surface area contributed by atoms with Crippen LogP contribution in [0, 0.1) is 23.0 Å². The molecular weight excluding hydrogens is 268 g/mol. The summed E-state index contributed by atoms with van der Waals surface area (Å²) < 4.78 is 5.30. The van der Waals surface area contributed by atoms with Crippen LogP contribution in [0.2, 0.25) is 0 Å². The van der Waals surface area contributed by atoms with Gasteiger partial charge in [0.15, 0.2) is 0 Å². The smallest absolute Gasteiger partial charge is 0.272 e. The van der Waals surface area contributed by atoms with Crippen LogP contribution >= 0.6 is 12.4 Å². The Balaban J connectivity index is 0.00000180. The van der Waals surface area contributed by atoms with E-state index in [0.29, 0.717) is 11.5 Å². The molecule has 1 aliphatic rings. The third-order valence-electron chi connectivity index (χ3n) is 3.59. The molecule has 1 aromatic carbocycles. The zero-order valence-corrected chi connectivity index (χ0v) is 11.7. The fraction of sp³-hybridized carbons (Fsp3) is 0.538. The molecule has 2 N–H and O–H groups in total. The molecule has 1 aromatic rings. The minimum Gasteiger partial charge on any atom is -0.381 e. The maximum Gasteiger partial charge on any atom is 0.272 e. The lowest BCUT2D eigenvalue weighted by molar-refractivity contribution is -0.385. The number of ether oxygens (including phenoxy) is 1. The minimum absolute atomic E-state index is 0.